The van der Waals surface area contributed by atoms with E-state index in [1.54, 1.807) is 0 Å². The molecular weight excluding hydrogens is 671 g/mol. The lowest BCUT2D eigenvalue weighted by molar-refractivity contribution is 0.103. The van der Waals surface area contributed by atoms with Crippen LogP contribution in [0, 0.1) is 13.8 Å². The normalized spacial score (nSPS) is 12.1. The van der Waals surface area contributed by atoms with Crippen molar-refractivity contribution >= 4 is 28.6 Å². The third-order valence-corrected chi connectivity index (χ3v) is 10.7. The number of nitrogens with zero attached hydrogens (tertiary/aromatic N) is 1. The highest BCUT2D eigenvalue weighted by molar-refractivity contribution is 6.04. The molecule has 0 saturated heterocycles. The molecule has 0 spiro atoms. The SMILES string of the molecule is C=CC(=O)c1ccc(C(CC)c2cc(CCc3ccc(N(c4ccc(C)cc4)c4ccc(C)cc4)cc3)cc(C(CC)c3ccc(C(=O)C=C)cc3)c2)cc1. The average Bonchev–Trinajstić information content (AvgIpc) is 3.22. The van der Waals surface area contributed by atoms with Gasteiger partial charge in [0.25, 0.3) is 0 Å². The van der Waals surface area contributed by atoms with Gasteiger partial charge in [0.15, 0.2) is 11.6 Å². The minimum Gasteiger partial charge on any atom is -0.311 e. The first-order valence-corrected chi connectivity index (χ1v) is 19.4. The molecule has 0 heterocycles. The molecule has 0 fully saturated rings. The number of hydrogen-bond acceptors (Lipinski definition) is 3. The Morgan fingerprint density at radius 3 is 1.22 bits per heavy atom. The van der Waals surface area contributed by atoms with Crippen molar-refractivity contribution in [1.82, 2.24) is 0 Å². The summed E-state index contributed by atoms with van der Waals surface area (Å²) in [7, 11) is 0. The Morgan fingerprint density at radius 1 is 0.491 bits per heavy atom. The summed E-state index contributed by atoms with van der Waals surface area (Å²) >= 11 is 0. The molecule has 0 N–H and O–H groups in total. The maximum atomic E-state index is 12.3. The topological polar surface area (TPSA) is 37.4 Å². The second kappa shape index (κ2) is 17.8. The summed E-state index contributed by atoms with van der Waals surface area (Å²) in [5, 5.41) is 0. The van der Waals surface area contributed by atoms with Crippen molar-refractivity contribution in [2.24, 2.45) is 0 Å². The van der Waals surface area contributed by atoms with E-state index in [4.69, 9.17) is 0 Å². The summed E-state index contributed by atoms with van der Waals surface area (Å²) < 4.78 is 0. The minimum absolute atomic E-state index is 0.0680. The molecule has 276 valence electrons. The van der Waals surface area contributed by atoms with Crippen molar-refractivity contribution in [2.45, 2.75) is 65.2 Å². The first-order valence-electron chi connectivity index (χ1n) is 19.4. The summed E-state index contributed by atoms with van der Waals surface area (Å²) in [5.74, 6) is 0.207. The molecule has 3 nitrogen and oxygen atoms in total. The summed E-state index contributed by atoms with van der Waals surface area (Å²) in [5.41, 5.74) is 14.7. The molecule has 0 radical (unpaired) electrons. The molecular formula is C52H51NO2. The van der Waals surface area contributed by atoms with Crippen molar-refractivity contribution < 1.29 is 9.59 Å². The maximum Gasteiger partial charge on any atom is 0.185 e. The maximum absolute atomic E-state index is 12.3. The fraction of sp³-hybridized carbons (Fsp3) is 0.192. The Bertz CT molecular complexity index is 2110. The van der Waals surface area contributed by atoms with Crippen LogP contribution in [-0.4, -0.2) is 11.6 Å². The molecule has 0 aliphatic carbocycles. The lowest BCUT2D eigenvalue weighted by atomic mass is 9.82. The van der Waals surface area contributed by atoms with Gasteiger partial charge < -0.3 is 4.90 Å². The molecule has 0 aliphatic heterocycles. The number of carbonyl (C=O) groups excluding carboxylic acids is 2. The predicted octanol–water partition coefficient (Wildman–Crippen LogP) is 13.4. The van der Waals surface area contributed by atoms with Crippen LogP contribution in [0.3, 0.4) is 0 Å². The first kappa shape index (κ1) is 38.7. The molecule has 6 aromatic carbocycles. The molecule has 0 saturated carbocycles. The van der Waals surface area contributed by atoms with Crippen molar-refractivity contribution in [3.05, 3.63) is 220 Å². The van der Waals surface area contributed by atoms with Gasteiger partial charge in [0.05, 0.1) is 0 Å². The van der Waals surface area contributed by atoms with E-state index in [-0.39, 0.29) is 23.4 Å². The lowest BCUT2D eigenvalue weighted by Gasteiger charge is -2.26. The van der Waals surface area contributed by atoms with Crippen LogP contribution in [0.4, 0.5) is 17.1 Å². The van der Waals surface area contributed by atoms with Crippen molar-refractivity contribution in [3.8, 4) is 0 Å². The summed E-state index contributed by atoms with van der Waals surface area (Å²) in [6.45, 7) is 16.0. The molecule has 3 heteroatoms. The molecule has 0 bridgehead atoms. The highest BCUT2D eigenvalue weighted by atomic mass is 16.1. The number of benzene rings is 6. The van der Waals surface area contributed by atoms with Crippen LogP contribution in [0.5, 0.6) is 0 Å². The third-order valence-electron chi connectivity index (χ3n) is 10.7. The van der Waals surface area contributed by atoms with E-state index in [9.17, 15) is 9.59 Å². The van der Waals surface area contributed by atoms with Crippen LogP contribution in [0.15, 0.2) is 165 Å². The van der Waals surface area contributed by atoms with Crippen LogP contribution >= 0.6 is 0 Å². The van der Waals surface area contributed by atoms with E-state index in [1.807, 2.05) is 24.3 Å². The van der Waals surface area contributed by atoms with Gasteiger partial charge in [0, 0.05) is 40.0 Å². The minimum atomic E-state index is -0.0680. The van der Waals surface area contributed by atoms with Gasteiger partial charge in [-0.05, 0) is 121 Å². The molecule has 6 aromatic rings. The Kier molecular flexibility index (Phi) is 12.5. The van der Waals surface area contributed by atoms with Gasteiger partial charge in [-0.25, -0.2) is 0 Å². The highest BCUT2D eigenvalue weighted by Crippen LogP contribution is 2.37. The molecule has 2 unspecified atom stereocenters. The summed E-state index contributed by atoms with van der Waals surface area (Å²) in [6, 6.07) is 49.5. The van der Waals surface area contributed by atoms with E-state index in [0.29, 0.717) is 11.1 Å². The fourth-order valence-corrected chi connectivity index (χ4v) is 7.55. The number of aryl methyl sites for hydroxylation is 4. The number of ketones is 2. The van der Waals surface area contributed by atoms with E-state index < -0.39 is 0 Å². The monoisotopic (exact) mass is 721 g/mol. The zero-order valence-electron chi connectivity index (χ0n) is 32.6. The largest absolute Gasteiger partial charge is 0.311 e. The van der Waals surface area contributed by atoms with E-state index >= 15 is 0 Å². The van der Waals surface area contributed by atoms with Crippen molar-refractivity contribution in [1.29, 1.82) is 0 Å². The van der Waals surface area contributed by atoms with E-state index in [0.717, 1.165) is 42.7 Å². The average molecular weight is 722 g/mol. The highest BCUT2D eigenvalue weighted by Gasteiger charge is 2.20. The van der Waals surface area contributed by atoms with Gasteiger partial charge in [-0.1, -0.05) is 141 Å². The number of carbonyl (C=O) groups is 2. The summed E-state index contributed by atoms with van der Waals surface area (Å²) in [4.78, 5) is 26.9. The van der Waals surface area contributed by atoms with E-state index in [1.165, 1.54) is 56.7 Å². The lowest BCUT2D eigenvalue weighted by Crippen LogP contribution is -2.10. The zero-order valence-corrected chi connectivity index (χ0v) is 32.6. The Morgan fingerprint density at radius 2 is 0.855 bits per heavy atom. The first-order chi connectivity index (χ1) is 26.7. The van der Waals surface area contributed by atoms with Crippen LogP contribution in [-0.2, 0) is 12.8 Å². The standard InChI is InChI=1S/C52H51NO2/c1-7-49(40-19-23-42(24-20-40)51(54)9-3)44-33-39(34-45(35-44)50(8-2)41-21-25-43(26-22-41)52(55)10-4)16-15-38-17-31-48(32-18-38)53(46-27-11-36(5)12-28-46)47-29-13-37(6)14-30-47/h9-14,17-35,49-50H,3-4,7-8,15-16H2,1-2,5-6H3. The van der Waals surface area contributed by atoms with Crippen LogP contribution in [0.1, 0.15) is 104 Å². The number of hydrogen-bond donors (Lipinski definition) is 0. The number of rotatable bonds is 16. The van der Waals surface area contributed by atoms with Gasteiger partial charge in [-0.2, -0.15) is 0 Å². The van der Waals surface area contributed by atoms with Crippen LogP contribution in [0.25, 0.3) is 0 Å². The van der Waals surface area contributed by atoms with Gasteiger partial charge in [0.2, 0.25) is 0 Å². The van der Waals surface area contributed by atoms with Crippen LogP contribution < -0.4 is 4.90 Å². The molecule has 0 aromatic heterocycles. The zero-order chi connectivity index (χ0) is 38.9. The second-order valence-electron chi connectivity index (χ2n) is 14.5. The smallest absolute Gasteiger partial charge is 0.185 e. The second-order valence-corrected chi connectivity index (χ2v) is 14.5. The molecule has 55 heavy (non-hydrogen) atoms. The van der Waals surface area contributed by atoms with Gasteiger partial charge in [-0.15, -0.1) is 0 Å². The van der Waals surface area contributed by atoms with Crippen molar-refractivity contribution in [3.63, 3.8) is 0 Å². The molecule has 0 aliphatic rings. The van der Waals surface area contributed by atoms with Crippen LogP contribution in [0.2, 0.25) is 0 Å². The van der Waals surface area contributed by atoms with Gasteiger partial charge in [-0.3, -0.25) is 9.59 Å². The Hall–Kier alpha value is -6.06. The van der Waals surface area contributed by atoms with Gasteiger partial charge >= 0.3 is 0 Å². The quantitative estimate of drug-likeness (QED) is 0.0737. The molecule has 6 rings (SSSR count). The molecule has 2 atom stereocenters. The fourth-order valence-electron chi connectivity index (χ4n) is 7.55. The predicted molar refractivity (Wildman–Crippen MR) is 231 cm³/mol. The summed E-state index contributed by atoms with van der Waals surface area (Å²) in [6.07, 6.45) is 6.38. The third kappa shape index (κ3) is 9.19. The van der Waals surface area contributed by atoms with Crippen molar-refractivity contribution in [2.75, 3.05) is 4.90 Å². The van der Waals surface area contributed by atoms with E-state index in [2.05, 4.69) is 161 Å². The molecule has 0 amide bonds. The number of allylic oxidation sites excluding steroid dienone is 2. The Labute approximate surface area is 327 Å². The van der Waals surface area contributed by atoms with Gasteiger partial charge in [0.1, 0.15) is 0 Å². The Balaban J connectivity index is 1.32. The number of anilines is 3.